The Hall–Kier alpha value is -1.35. The lowest BCUT2D eigenvalue weighted by atomic mass is 9.93. The first kappa shape index (κ1) is 15.0. The van der Waals surface area contributed by atoms with Gasteiger partial charge in [0.1, 0.15) is 0 Å². The maximum absolute atomic E-state index is 12.7. The maximum Gasteiger partial charge on any atom is 0.254 e. The molecule has 0 N–H and O–H groups in total. The molecule has 0 unspecified atom stereocenters. The summed E-state index contributed by atoms with van der Waals surface area (Å²) in [6, 6.07) is 9.58. The Morgan fingerprint density at radius 2 is 1.70 bits per heavy atom. The minimum atomic E-state index is -0.140. The molecule has 0 radical (unpaired) electrons. The van der Waals surface area contributed by atoms with Crippen LogP contribution in [-0.4, -0.2) is 46.4 Å². The summed E-state index contributed by atoms with van der Waals surface area (Å²) in [5, 5.41) is 0. The third-order valence-electron chi connectivity index (χ3n) is 4.12. The van der Waals surface area contributed by atoms with Crippen LogP contribution in [0.4, 0.5) is 0 Å². The van der Waals surface area contributed by atoms with Crippen molar-refractivity contribution in [1.29, 1.82) is 0 Å². The average Bonchev–Trinajstić information content (AvgIpc) is 2.37. The van der Waals surface area contributed by atoms with Gasteiger partial charge in [0.25, 0.3) is 5.91 Å². The summed E-state index contributed by atoms with van der Waals surface area (Å²) in [7, 11) is 0. The van der Waals surface area contributed by atoms with Crippen LogP contribution in [0.2, 0.25) is 0 Å². The van der Waals surface area contributed by atoms with Crippen molar-refractivity contribution in [3.05, 3.63) is 35.9 Å². The number of hydrogen-bond acceptors (Lipinski definition) is 2. The van der Waals surface area contributed by atoms with Crippen LogP contribution in [0.3, 0.4) is 0 Å². The molecule has 1 heterocycles. The van der Waals surface area contributed by atoms with Gasteiger partial charge in [0.05, 0.1) is 5.54 Å². The second-order valence-corrected chi connectivity index (χ2v) is 7.23. The van der Waals surface area contributed by atoms with Crippen LogP contribution < -0.4 is 0 Å². The van der Waals surface area contributed by atoms with Crippen molar-refractivity contribution in [2.45, 2.75) is 45.7 Å². The standard InChI is InChI=1S/C17H26N2O/c1-16(2,3)18-11-12-19(17(4,5)13-18)15(20)14-9-7-6-8-10-14/h6-10H,11-13H2,1-5H3. The quantitative estimate of drug-likeness (QED) is 0.786. The third-order valence-corrected chi connectivity index (χ3v) is 4.12. The molecule has 0 saturated carbocycles. The highest BCUT2D eigenvalue weighted by molar-refractivity contribution is 5.94. The fourth-order valence-corrected chi connectivity index (χ4v) is 2.84. The van der Waals surface area contributed by atoms with E-state index < -0.39 is 0 Å². The van der Waals surface area contributed by atoms with E-state index in [9.17, 15) is 4.79 Å². The molecule has 0 bridgehead atoms. The normalized spacial score (nSPS) is 19.9. The Balaban J connectivity index is 2.17. The Morgan fingerprint density at radius 1 is 1.10 bits per heavy atom. The van der Waals surface area contributed by atoms with Gasteiger partial charge < -0.3 is 4.90 Å². The molecule has 110 valence electrons. The summed E-state index contributed by atoms with van der Waals surface area (Å²) in [6.45, 7) is 13.7. The predicted octanol–water partition coefficient (Wildman–Crippen LogP) is 3.02. The molecular formula is C17H26N2O. The van der Waals surface area contributed by atoms with Crippen molar-refractivity contribution in [1.82, 2.24) is 9.80 Å². The number of piperazine rings is 1. The SMILES string of the molecule is CC(C)(C)N1CCN(C(=O)c2ccccc2)C(C)(C)C1. The van der Waals surface area contributed by atoms with E-state index in [1.54, 1.807) is 0 Å². The second-order valence-electron chi connectivity index (χ2n) is 7.23. The number of hydrogen-bond donors (Lipinski definition) is 0. The highest BCUT2D eigenvalue weighted by Crippen LogP contribution is 2.27. The number of nitrogens with zero attached hydrogens (tertiary/aromatic N) is 2. The zero-order valence-corrected chi connectivity index (χ0v) is 13.3. The summed E-state index contributed by atoms with van der Waals surface area (Å²) in [5.41, 5.74) is 0.794. The molecule has 1 aromatic rings. The van der Waals surface area contributed by atoms with Crippen LogP contribution in [0.15, 0.2) is 30.3 Å². The van der Waals surface area contributed by atoms with Crippen molar-refractivity contribution in [3.63, 3.8) is 0 Å². The highest BCUT2D eigenvalue weighted by atomic mass is 16.2. The van der Waals surface area contributed by atoms with E-state index in [0.717, 1.165) is 25.2 Å². The molecule has 20 heavy (non-hydrogen) atoms. The topological polar surface area (TPSA) is 23.6 Å². The smallest absolute Gasteiger partial charge is 0.254 e. The van der Waals surface area contributed by atoms with E-state index >= 15 is 0 Å². The fraction of sp³-hybridized carbons (Fsp3) is 0.588. The molecule has 3 heteroatoms. The molecule has 0 aliphatic carbocycles. The molecular weight excluding hydrogens is 248 g/mol. The van der Waals surface area contributed by atoms with Crippen LogP contribution >= 0.6 is 0 Å². The van der Waals surface area contributed by atoms with E-state index in [4.69, 9.17) is 0 Å². The number of amides is 1. The number of benzene rings is 1. The van der Waals surface area contributed by atoms with Crippen LogP contribution in [0.25, 0.3) is 0 Å². The molecule has 1 fully saturated rings. The fourth-order valence-electron chi connectivity index (χ4n) is 2.84. The van der Waals surface area contributed by atoms with Crippen LogP contribution in [0.1, 0.15) is 45.0 Å². The largest absolute Gasteiger partial charge is 0.331 e. The van der Waals surface area contributed by atoms with Crippen molar-refractivity contribution in [2.75, 3.05) is 19.6 Å². The van der Waals surface area contributed by atoms with Crippen LogP contribution in [-0.2, 0) is 0 Å². The molecule has 3 nitrogen and oxygen atoms in total. The summed E-state index contributed by atoms with van der Waals surface area (Å²) < 4.78 is 0. The Bertz CT molecular complexity index is 474. The lowest BCUT2D eigenvalue weighted by molar-refractivity contribution is -0.0110. The first-order valence-corrected chi connectivity index (χ1v) is 7.34. The van der Waals surface area contributed by atoms with E-state index in [1.807, 2.05) is 35.2 Å². The minimum Gasteiger partial charge on any atom is -0.331 e. The van der Waals surface area contributed by atoms with Gasteiger partial charge in [0, 0.05) is 30.7 Å². The lowest BCUT2D eigenvalue weighted by Crippen LogP contribution is -2.64. The molecule has 1 amide bonds. The Labute approximate surface area is 122 Å². The number of rotatable bonds is 1. The van der Waals surface area contributed by atoms with Crippen LogP contribution in [0, 0.1) is 0 Å². The average molecular weight is 274 g/mol. The van der Waals surface area contributed by atoms with Gasteiger partial charge in [-0.2, -0.15) is 0 Å². The van der Waals surface area contributed by atoms with E-state index in [-0.39, 0.29) is 17.0 Å². The third kappa shape index (κ3) is 3.04. The maximum atomic E-state index is 12.7. The lowest BCUT2D eigenvalue weighted by Gasteiger charge is -2.51. The summed E-state index contributed by atoms with van der Waals surface area (Å²) >= 11 is 0. The van der Waals surface area contributed by atoms with Crippen molar-refractivity contribution >= 4 is 5.91 Å². The van der Waals surface area contributed by atoms with Gasteiger partial charge in [-0.1, -0.05) is 18.2 Å². The first-order chi connectivity index (χ1) is 9.22. The van der Waals surface area contributed by atoms with Crippen molar-refractivity contribution < 1.29 is 4.79 Å². The van der Waals surface area contributed by atoms with Gasteiger partial charge in [-0.05, 0) is 46.8 Å². The zero-order chi connectivity index (χ0) is 15.0. The van der Waals surface area contributed by atoms with E-state index in [1.165, 1.54) is 0 Å². The highest BCUT2D eigenvalue weighted by Gasteiger charge is 2.39. The monoisotopic (exact) mass is 274 g/mol. The van der Waals surface area contributed by atoms with Crippen molar-refractivity contribution in [3.8, 4) is 0 Å². The summed E-state index contributed by atoms with van der Waals surface area (Å²) in [4.78, 5) is 17.2. The Morgan fingerprint density at radius 3 is 2.20 bits per heavy atom. The van der Waals surface area contributed by atoms with Gasteiger partial charge in [0.2, 0.25) is 0 Å². The van der Waals surface area contributed by atoms with Gasteiger partial charge in [-0.15, -0.1) is 0 Å². The van der Waals surface area contributed by atoms with Gasteiger partial charge >= 0.3 is 0 Å². The van der Waals surface area contributed by atoms with E-state index in [2.05, 4.69) is 39.5 Å². The van der Waals surface area contributed by atoms with E-state index in [0.29, 0.717) is 0 Å². The number of carbonyl (C=O) groups excluding carboxylic acids is 1. The predicted molar refractivity (Wildman–Crippen MR) is 82.9 cm³/mol. The summed E-state index contributed by atoms with van der Waals surface area (Å²) in [6.07, 6.45) is 0. The van der Waals surface area contributed by atoms with Gasteiger partial charge in [-0.25, -0.2) is 0 Å². The molecule has 0 aromatic heterocycles. The summed E-state index contributed by atoms with van der Waals surface area (Å²) in [5.74, 6) is 0.143. The second kappa shape index (κ2) is 5.21. The van der Waals surface area contributed by atoms with Crippen LogP contribution in [0.5, 0.6) is 0 Å². The van der Waals surface area contributed by atoms with Gasteiger partial charge in [-0.3, -0.25) is 9.69 Å². The number of carbonyl (C=O) groups is 1. The molecule has 1 aliphatic rings. The molecule has 1 aromatic carbocycles. The molecule has 1 saturated heterocycles. The molecule has 0 atom stereocenters. The zero-order valence-electron chi connectivity index (χ0n) is 13.3. The molecule has 2 rings (SSSR count). The van der Waals surface area contributed by atoms with Gasteiger partial charge in [0.15, 0.2) is 0 Å². The van der Waals surface area contributed by atoms with Crippen molar-refractivity contribution in [2.24, 2.45) is 0 Å². The Kier molecular flexibility index (Phi) is 3.92. The first-order valence-electron chi connectivity index (χ1n) is 7.34. The minimum absolute atomic E-state index is 0.140. The molecule has 0 spiro atoms. The molecule has 1 aliphatic heterocycles.